The molecular weight excluding hydrogens is 423 g/mol. The van der Waals surface area contributed by atoms with Crippen molar-refractivity contribution in [2.75, 3.05) is 12.8 Å². The number of imide groups is 1. The Morgan fingerprint density at radius 2 is 1.77 bits per heavy atom. The van der Waals surface area contributed by atoms with Crippen LogP contribution >= 0.6 is 7.60 Å². The minimum atomic E-state index is -4.13. The van der Waals surface area contributed by atoms with E-state index in [0.29, 0.717) is 16.2 Å². The maximum Gasteiger partial charge on any atom is 0.508 e. The number of hydrogen-bond donors (Lipinski definition) is 3. The molecule has 0 atom stereocenters. The highest BCUT2D eigenvalue weighted by Crippen LogP contribution is 2.34. The number of carbonyl (C=O) groups excluding carboxylic acids is 4. The largest absolute Gasteiger partial charge is 0.508 e. The molecule has 1 saturated heterocycles. The van der Waals surface area contributed by atoms with Crippen molar-refractivity contribution in [3.8, 4) is 0 Å². The van der Waals surface area contributed by atoms with Crippen LogP contribution in [0, 0.1) is 0 Å². The number of nitrogens with zero attached hydrogens (tertiary/aromatic N) is 1. The van der Waals surface area contributed by atoms with Crippen LogP contribution in [0.5, 0.6) is 0 Å². The van der Waals surface area contributed by atoms with Gasteiger partial charge in [0.2, 0.25) is 0 Å². The van der Waals surface area contributed by atoms with Crippen LogP contribution in [0.1, 0.15) is 30.4 Å². The lowest BCUT2D eigenvalue weighted by atomic mass is 10.1. The molecule has 0 radical (unpaired) electrons. The number of hydrogen-bond acceptors (Lipinski definition) is 8. The van der Waals surface area contributed by atoms with Gasteiger partial charge in [-0.05, 0) is 17.5 Å². The summed E-state index contributed by atoms with van der Waals surface area (Å²) in [4.78, 5) is 68.1. The van der Waals surface area contributed by atoms with E-state index >= 15 is 0 Å². The molecular formula is C17H21N2O10P. The SMILES string of the molecule is O=C(NCc1cccc(COC(=O)OCCCP(=O)(O)O)c1)ON1C(=O)CCC1=O. The van der Waals surface area contributed by atoms with Crippen molar-refractivity contribution >= 4 is 31.7 Å². The van der Waals surface area contributed by atoms with Crippen molar-refractivity contribution in [3.63, 3.8) is 0 Å². The number of nitrogens with one attached hydrogen (secondary N) is 1. The van der Waals surface area contributed by atoms with E-state index < -0.39 is 37.8 Å². The van der Waals surface area contributed by atoms with Crippen LogP contribution in [0.4, 0.5) is 9.59 Å². The first-order chi connectivity index (χ1) is 14.1. The number of ether oxygens (including phenoxy) is 2. The lowest BCUT2D eigenvalue weighted by Crippen LogP contribution is -2.36. The zero-order valence-corrected chi connectivity index (χ0v) is 16.7. The van der Waals surface area contributed by atoms with Crippen LogP contribution in [0.15, 0.2) is 24.3 Å². The van der Waals surface area contributed by atoms with Crippen molar-refractivity contribution in [2.24, 2.45) is 0 Å². The Labute approximate surface area is 171 Å². The van der Waals surface area contributed by atoms with E-state index in [1.165, 1.54) is 0 Å². The van der Waals surface area contributed by atoms with Gasteiger partial charge in [-0.25, -0.2) is 9.59 Å². The number of carbonyl (C=O) groups is 4. The van der Waals surface area contributed by atoms with Crippen LogP contribution < -0.4 is 5.32 Å². The van der Waals surface area contributed by atoms with E-state index in [9.17, 15) is 23.7 Å². The average Bonchev–Trinajstić information content (AvgIpc) is 3.00. The number of rotatable bonds is 9. The summed E-state index contributed by atoms with van der Waals surface area (Å²) in [6.45, 7) is -0.264. The molecule has 30 heavy (non-hydrogen) atoms. The molecule has 0 unspecified atom stereocenters. The van der Waals surface area contributed by atoms with Crippen LogP contribution in [0.3, 0.4) is 0 Å². The van der Waals surface area contributed by atoms with Crippen LogP contribution in [-0.4, -0.2) is 51.7 Å². The van der Waals surface area contributed by atoms with E-state index in [-0.39, 0.29) is 39.0 Å². The molecule has 3 amide bonds. The molecule has 1 aromatic carbocycles. The third-order valence-corrected chi connectivity index (χ3v) is 4.68. The molecule has 13 heteroatoms. The summed E-state index contributed by atoms with van der Waals surface area (Å²) in [5.74, 6) is -1.16. The highest BCUT2D eigenvalue weighted by molar-refractivity contribution is 7.51. The van der Waals surface area contributed by atoms with Gasteiger partial charge in [0.1, 0.15) is 6.61 Å². The number of amides is 3. The summed E-state index contributed by atoms with van der Waals surface area (Å²) in [5.41, 5.74) is 1.24. The third kappa shape index (κ3) is 8.19. The molecule has 3 N–H and O–H groups in total. The zero-order valence-electron chi connectivity index (χ0n) is 15.8. The van der Waals surface area contributed by atoms with Gasteiger partial charge in [0.05, 0.1) is 12.8 Å². The monoisotopic (exact) mass is 444 g/mol. The van der Waals surface area contributed by atoms with Crippen molar-refractivity contribution in [1.82, 2.24) is 10.4 Å². The predicted octanol–water partition coefficient (Wildman–Crippen LogP) is 1.20. The summed E-state index contributed by atoms with van der Waals surface area (Å²) in [5, 5.41) is 2.84. The highest BCUT2D eigenvalue weighted by atomic mass is 31.2. The first-order valence-electron chi connectivity index (χ1n) is 8.87. The first kappa shape index (κ1) is 23.3. The highest BCUT2D eigenvalue weighted by Gasteiger charge is 2.32. The van der Waals surface area contributed by atoms with Gasteiger partial charge in [0.25, 0.3) is 11.8 Å². The van der Waals surface area contributed by atoms with Crippen molar-refractivity contribution in [3.05, 3.63) is 35.4 Å². The number of benzene rings is 1. The van der Waals surface area contributed by atoms with E-state index in [1.54, 1.807) is 24.3 Å². The van der Waals surface area contributed by atoms with Gasteiger partial charge in [-0.2, -0.15) is 0 Å². The van der Waals surface area contributed by atoms with Gasteiger partial charge >= 0.3 is 19.8 Å². The molecule has 0 aliphatic carbocycles. The summed E-state index contributed by atoms with van der Waals surface area (Å²) >= 11 is 0. The standard InChI is InChI=1S/C17H21N2O10P/c20-14-5-6-15(21)19(14)29-16(22)18-10-12-3-1-4-13(9-12)11-28-17(23)27-7-2-8-30(24,25)26/h1,3-4,9H,2,5-8,10-11H2,(H,18,22)(H2,24,25,26). The second kappa shape index (κ2) is 10.7. The summed E-state index contributed by atoms with van der Waals surface area (Å²) < 4.78 is 20.3. The van der Waals surface area contributed by atoms with Crippen molar-refractivity contribution in [1.29, 1.82) is 0 Å². The minimum absolute atomic E-state index is 0.000264. The van der Waals surface area contributed by atoms with Gasteiger partial charge in [-0.1, -0.05) is 24.3 Å². The van der Waals surface area contributed by atoms with E-state index in [1.807, 2.05) is 0 Å². The lowest BCUT2D eigenvalue weighted by Gasteiger charge is -2.13. The van der Waals surface area contributed by atoms with E-state index in [0.717, 1.165) is 0 Å². The fourth-order valence-electron chi connectivity index (χ4n) is 2.39. The number of hydroxylamine groups is 2. The molecule has 1 fully saturated rings. The average molecular weight is 444 g/mol. The summed E-state index contributed by atoms with van der Waals surface area (Å²) in [6.07, 6.45) is -2.32. The van der Waals surface area contributed by atoms with Gasteiger partial charge in [-0.15, -0.1) is 5.06 Å². The molecule has 1 aromatic rings. The summed E-state index contributed by atoms with van der Waals surface area (Å²) in [6, 6.07) is 6.67. The molecule has 0 spiro atoms. The van der Waals surface area contributed by atoms with Crippen molar-refractivity contribution in [2.45, 2.75) is 32.4 Å². The smallest absolute Gasteiger partial charge is 0.434 e. The molecule has 0 aromatic heterocycles. The molecule has 1 aliphatic heterocycles. The maximum atomic E-state index is 11.7. The topological polar surface area (TPSA) is 169 Å². The Balaban J connectivity index is 1.71. The van der Waals surface area contributed by atoms with E-state index in [4.69, 9.17) is 19.3 Å². The van der Waals surface area contributed by atoms with Crippen LogP contribution in [0.2, 0.25) is 0 Å². The molecule has 1 aliphatic rings. The Morgan fingerprint density at radius 3 is 2.43 bits per heavy atom. The predicted molar refractivity (Wildman–Crippen MR) is 98.5 cm³/mol. The quantitative estimate of drug-likeness (QED) is 0.218. The lowest BCUT2D eigenvalue weighted by molar-refractivity contribution is -0.171. The normalized spacial score (nSPS) is 13.9. The van der Waals surface area contributed by atoms with E-state index in [2.05, 4.69) is 10.2 Å². The Morgan fingerprint density at radius 1 is 1.10 bits per heavy atom. The summed E-state index contributed by atoms with van der Waals surface area (Å²) in [7, 11) is -4.13. The van der Waals surface area contributed by atoms with Crippen LogP contribution in [-0.2, 0) is 41.6 Å². The van der Waals surface area contributed by atoms with Gasteiger partial charge in [-0.3, -0.25) is 14.2 Å². The Bertz CT molecular complexity index is 837. The third-order valence-electron chi connectivity index (χ3n) is 3.78. The first-order valence-corrected chi connectivity index (χ1v) is 10.7. The molecule has 0 bridgehead atoms. The second-order valence-electron chi connectivity index (χ2n) is 6.26. The van der Waals surface area contributed by atoms with Gasteiger partial charge in [0.15, 0.2) is 0 Å². The second-order valence-corrected chi connectivity index (χ2v) is 8.04. The minimum Gasteiger partial charge on any atom is -0.434 e. The molecule has 2 rings (SSSR count). The zero-order chi connectivity index (χ0) is 22.1. The fraction of sp³-hybridized carbons (Fsp3) is 0.412. The fourth-order valence-corrected chi connectivity index (χ4v) is 2.93. The Hall–Kier alpha value is -2.95. The van der Waals surface area contributed by atoms with Crippen LogP contribution in [0.25, 0.3) is 0 Å². The molecule has 1 heterocycles. The molecule has 0 saturated carbocycles. The van der Waals surface area contributed by atoms with Gasteiger partial charge in [0, 0.05) is 19.4 Å². The molecule has 12 nitrogen and oxygen atoms in total. The van der Waals surface area contributed by atoms with Crippen molar-refractivity contribution < 1.29 is 47.8 Å². The maximum absolute atomic E-state index is 11.7. The van der Waals surface area contributed by atoms with Gasteiger partial charge < -0.3 is 29.4 Å². The Kier molecular flexibility index (Phi) is 8.34. The molecule has 164 valence electrons.